The summed E-state index contributed by atoms with van der Waals surface area (Å²) in [4.78, 5) is 6.63. The fourth-order valence-corrected chi connectivity index (χ4v) is 2.95. The van der Waals surface area contributed by atoms with Crippen molar-refractivity contribution in [3.63, 3.8) is 0 Å². The Balaban J connectivity index is 2.04. The minimum absolute atomic E-state index is 0.633. The molecule has 2 rings (SSSR count). The monoisotopic (exact) mass is 294 g/mol. The van der Waals surface area contributed by atoms with Crippen LogP contribution in [0, 0.1) is 13.8 Å². The van der Waals surface area contributed by atoms with Gasteiger partial charge in [-0.15, -0.1) is 0 Å². The van der Waals surface area contributed by atoms with Crippen LogP contribution in [0.1, 0.15) is 29.7 Å². The first-order valence-corrected chi connectivity index (χ1v) is 7.43. The summed E-state index contributed by atoms with van der Waals surface area (Å²) in [5.74, 6) is 0.901. The van der Waals surface area contributed by atoms with E-state index < -0.39 is 5.60 Å². The number of likely N-dealkylation sites (N-methyl/N-ethyl adjacent to an activating group) is 1. The average molecular weight is 294 g/mol. The van der Waals surface area contributed by atoms with Crippen LogP contribution in [0.15, 0.2) is 6.20 Å². The number of rotatable bonds is 5. The Morgan fingerprint density at radius 3 is 2.67 bits per heavy atom. The zero-order valence-electron chi connectivity index (χ0n) is 13.5. The number of hydrogen-bond acceptors (Lipinski definition) is 5. The van der Waals surface area contributed by atoms with Gasteiger partial charge < -0.3 is 14.6 Å². The van der Waals surface area contributed by atoms with Gasteiger partial charge in [0.15, 0.2) is 0 Å². The Labute approximate surface area is 126 Å². The lowest BCUT2D eigenvalue weighted by Crippen LogP contribution is -2.45. The molecule has 118 valence electrons. The summed E-state index contributed by atoms with van der Waals surface area (Å²) in [7, 11) is 3.70. The third-order valence-electron chi connectivity index (χ3n) is 4.16. The predicted molar refractivity (Wildman–Crippen MR) is 81.6 cm³/mol. The highest BCUT2D eigenvalue weighted by atomic mass is 16.5. The molecule has 0 saturated carbocycles. The molecule has 1 aromatic rings. The molecular formula is C16H26N2O3. The Bertz CT molecular complexity index is 485. The minimum Gasteiger partial charge on any atom is -0.496 e. The highest BCUT2D eigenvalue weighted by Gasteiger charge is 2.31. The van der Waals surface area contributed by atoms with E-state index in [9.17, 15) is 5.11 Å². The van der Waals surface area contributed by atoms with E-state index in [0.717, 1.165) is 22.6 Å². The number of nitrogens with zero attached hydrogens (tertiary/aromatic N) is 2. The van der Waals surface area contributed by atoms with Crippen LogP contribution in [-0.4, -0.2) is 54.5 Å². The first-order valence-electron chi connectivity index (χ1n) is 7.43. The summed E-state index contributed by atoms with van der Waals surface area (Å²) in [6, 6.07) is 0. The van der Waals surface area contributed by atoms with Crippen molar-refractivity contribution >= 4 is 0 Å². The van der Waals surface area contributed by atoms with Crippen molar-refractivity contribution in [1.82, 2.24) is 9.88 Å². The van der Waals surface area contributed by atoms with Crippen molar-refractivity contribution in [3.05, 3.63) is 23.0 Å². The van der Waals surface area contributed by atoms with Gasteiger partial charge in [0.05, 0.1) is 18.4 Å². The molecule has 1 N–H and O–H groups in total. The smallest absolute Gasteiger partial charge is 0.128 e. The van der Waals surface area contributed by atoms with Crippen molar-refractivity contribution < 1.29 is 14.6 Å². The number of aromatic nitrogens is 1. The van der Waals surface area contributed by atoms with Crippen molar-refractivity contribution in [2.45, 2.75) is 38.8 Å². The van der Waals surface area contributed by atoms with Gasteiger partial charge in [0, 0.05) is 56.5 Å². The van der Waals surface area contributed by atoms with E-state index in [1.54, 1.807) is 7.11 Å². The summed E-state index contributed by atoms with van der Waals surface area (Å²) < 4.78 is 10.8. The molecule has 1 aliphatic rings. The summed E-state index contributed by atoms with van der Waals surface area (Å²) in [5, 5.41) is 10.6. The number of ether oxygens (including phenoxy) is 2. The van der Waals surface area contributed by atoms with E-state index in [1.165, 1.54) is 0 Å². The number of pyridine rings is 1. The van der Waals surface area contributed by atoms with Gasteiger partial charge in [-0.3, -0.25) is 9.88 Å². The molecule has 0 aliphatic carbocycles. The van der Waals surface area contributed by atoms with Gasteiger partial charge in [0.25, 0.3) is 0 Å². The van der Waals surface area contributed by atoms with Crippen LogP contribution >= 0.6 is 0 Å². The highest BCUT2D eigenvalue weighted by Crippen LogP contribution is 2.26. The minimum atomic E-state index is -0.643. The summed E-state index contributed by atoms with van der Waals surface area (Å²) in [6.07, 6.45) is 3.24. The van der Waals surface area contributed by atoms with E-state index in [1.807, 2.05) is 27.1 Å². The topological polar surface area (TPSA) is 54.8 Å². The third kappa shape index (κ3) is 3.93. The predicted octanol–water partition coefficient (Wildman–Crippen LogP) is 1.68. The Morgan fingerprint density at radius 2 is 2.05 bits per heavy atom. The molecule has 1 aliphatic heterocycles. The first-order chi connectivity index (χ1) is 9.95. The second-order valence-corrected chi connectivity index (χ2v) is 6.06. The van der Waals surface area contributed by atoms with Gasteiger partial charge in [-0.05, 0) is 20.9 Å². The second-order valence-electron chi connectivity index (χ2n) is 6.06. The van der Waals surface area contributed by atoms with E-state index in [0.29, 0.717) is 39.1 Å². The maximum Gasteiger partial charge on any atom is 0.128 e. The quantitative estimate of drug-likeness (QED) is 0.895. The molecule has 5 heteroatoms. The van der Waals surface area contributed by atoms with Gasteiger partial charge in [0.1, 0.15) is 5.75 Å². The van der Waals surface area contributed by atoms with Crippen molar-refractivity contribution in [1.29, 1.82) is 0 Å². The molecule has 0 aromatic carbocycles. The first kappa shape index (κ1) is 16.2. The molecule has 0 unspecified atom stereocenters. The molecule has 0 amide bonds. The Morgan fingerprint density at radius 1 is 1.38 bits per heavy atom. The highest BCUT2D eigenvalue weighted by molar-refractivity contribution is 5.41. The van der Waals surface area contributed by atoms with Gasteiger partial charge in [-0.25, -0.2) is 0 Å². The molecule has 1 fully saturated rings. The SMILES string of the molecule is COc1c(C)cnc(CN(C)CC2(O)CCOCC2)c1C. The molecule has 0 spiro atoms. The molecule has 21 heavy (non-hydrogen) atoms. The summed E-state index contributed by atoms with van der Waals surface area (Å²) in [6.45, 7) is 6.64. The van der Waals surface area contributed by atoms with Crippen LogP contribution < -0.4 is 4.74 Å². The van der Waals surface area contributed by atoms with E-state index in [-0.39, 0.29) is 0 Å². The zero-order valence-corrected chi connectivity index (χ0v) is 13.5. The largest absolute Gasteiger partial charge is 0.496 e. The van der Waals surface area contributed by atoms with Crippen molar-refractivity contribution in [3.8, 4) is 5.75 Å². The second kappa shape index (κ2) is 6.73. The maximum atomic E-state index is 10.6. The number of hydrogen-bond donors (Lipinski definition) is 1. The molecule has 2 heterocycles. The maximum absolute atomic E-state index is 10.6. The number of aryl methyl sites for hydroxylation is 1. The van der Waals surface area contributed by atoms with Crippen LogP contribution in [0.4, 0.5) is 0 Å². The molecular weight excluding hydrogens is 268 g/mol. The standard InChI is InChI=1S/C16H26N2O3/c1-12-9-17-14(13(2)15(12)20-4)10-18(3)11-16(19)5-7-21-8-6-16/h9,19H,5-8,10-11H2,1-4H3. The number of methoxy groups -OCH3 is 1. The molecule has 0 bridgehead atoms. The molecule has 1 aromatic heterocycles. The fraction of sp³-hybridized carbons (Fsp3) is 0.688. The van der Waals surface area contributed by atoms with Crippen molar-refractivity contribution in [2.24, 2.45) is 0 Å². The van der Waals surface area contributed by atoms with E-state index >= 15 is 0 Å². The van der Waals surface area contributed by atoms with Gasteiger partial charge in [-0.2, -0.15) is 0 Å². The Hall–Kier alpha value is -1.17. The van der Waals surface area contributed by atoms with E-state index in [4.69, 9.17) is 9.47 Å². The molecule has 0 atom stereocenters. The van der Waals surface area contributed by atoms with Crippen LogP contribution in [0.3, 0.4) is 0 Å². The van der Waals surface area contributed by atoms with Crippen LogP contribution in [-0.2, 0) is 11.3 Å². The van der Waals surface area contributed by atoms with Gasteiger partial charge in [0.2, 0.25) is 0 Å². The average Bonchev–Trinajstić information content (AvgIpc) is 2.43. The van der Waals surface area contributed by atoms with Gasteiger partial charge >= 0.3 is 0 Å². The van der Waals surface area contributed by atoms with E-state index in [2.05, 4.69) is 9.88 Å². The molecule has 0 radical (unpaired) electrons. The summed E-state index contributed by atoms with van der Waals surface area (Å²) in [5.41, 5.74) is 2.47. The zero-order chi connectivity index (χ0) is 15.5. The van der Waals surface area contributed by atoms with Gasteiger partial charge in [-0.1, -0.05) is 0 Å². The van der Waals surface area contributed by atoms with Crippen LogP contribution in [0.5, 0.6) is 5.75 Å². The van der Waals surface area contributed by atoms with Crippen LogP contribution in [0.25, 0.3) is 0 Å². The summed E-state index contributed by atoms with van der Waals surface area (Å²) >= 11 is 0. The lowest BCUT2D eigenvalue weighted by Gasteiger charge is -2.35. The normalized spacial score (nSPS) is 18.0. The van der Waals surface area contributed by atoms with Crippen LogP contribution in [0.2, 0.25) is 0 Å². The lowest BCUT2D eigenvalue weighted by atomic mass is 9.94. The molecule has 5 nitrogen and oxygen atoms in total. The lowest BCUT2D eigenvalue weighted by molar-refractivity contribution is -0.0778. The third-order valence-corrected chi connectivity index (χ3v) is 4.16. The number of aliphatic hydroxyl groups is 1. The Kier molecular flexibility index (Phi) is 5.19. The molecule has 1 saturated heterocycles. The van der Waals surface area contributed by atoms with Crippen molar-refractivity contribution in [2.75, 3.05) is 33.9 Å². The fourth-order valence-electron chi connectivity index (χ4n) is 2.95.